The molecule has 2 aromatic rings. The van der Waals surface area contributed by atoms with E-state index in [4.69, 9.17) is 10.6 Å². The number of hydrogen-bond donors (Lipinski definition) is 1. The van der Waals surface area contributed by atoms with Crippen LogP contribution < -0.4 is 0 Å². The molecule has 0 radical (unpaired) electrons. The fourth-order valence-electron chi connectivity index (χ4n) is 2.42. The highest BCUT2D eigenvalue weighted by molar-refractivity contribution is 7.99. The summed E-state index contributed by atoms with van der Waals surface area (Å²) in [7, 11) is 0. The fourth-order valence-corrected chi connectivity index (χ4v) is 4.56. The SMILES string of the molecule is [2H]C([2H])(CCCC(CCSCc1ccccc1)SC([2H])([2H])c1ccccc1)C(=O)O. The van der Waals surface area contributed by atoms with Gasteiger partial charge in [-0.15, -0.1) is 0 Å². The lowest BCUT2D eigenvalue weighted by molar-refractivity contribution is -0.137. The van der Waals surface area contributed by atoms with Crippen LogP contribution in [0.2, 0.25) is 0 Å². The molecule has 0 amide bonds. The van der Waals surface area contributed by atoms with Gasteiger partial charge in [0.05, 0.1) is 0 Å². The third kappa shape index (κ3) is 9.35. The maximum Gasteiger partial charge on any atom is 0.303 e. The predicted molar refractivity (Wildman–Crippen MR) is 115 cm³/mol. The van der Waals surface area contributed by atoms with E-state index in [1.54, 1.807) is 23.9 Å². The van der Waals surface area contributed by atoms with Crippen molar-refractivity contribution in [1.29, 1.82) is 0 Å². The number of carboxylic acid groups (broad SMARTS) is 1. The minimum Gasteiger partial charge on any atom is -0.481 e. The summed E-state index contributed by atoms with van der Waals surface area (Å²) in [5.74, 6) is 0.318. The lowest BCUT2D eigenvalue weighted by Gasteiger charge is -2.16. The summed E-state index contributed by atoms with van der Waals surface area (Å²) in [5.41, 5.74) is 0.306. The average molecular weight is 393 g/mol. The van der Waals surface area contributed by atoms with Crippen LogP contribution in [-0.2, 0) is 16.3 Å². The maximum absolute atomic E-state index is 11.0. The Kier molecular flexibility index (Phi) is 7.75. The first kappa shape index (κ1) is 15.6. The molecule has 0 aromatic heterocycles. The van der Waals surface area contributed by atoms with Crippen molar-refractivity contribution in [2.45, 2.75) is 48.8 Å². The second-order valence-electron chi connectivity index (χ2n) is 5.91. The van der Waals surface area contributed by atoms with Gasteiger partial charge in [0, 0.05) is 28.6 Å². The van der Waals surface area contributed by atoms with Gasteiger partial charge in [-0.25, -0.2) is 0 Å². The number of rotatable bonds is 13. The molecule has 2 rings (SSSR count). The fraction of sp³-hybridized carbons (Fsp3) is 0.409. The zero-order valence-corrected chi connectivity index (χ0v) is 16.4. The third-order valence-electron chi connectivity index (χ3n) is 3.79. The van der Waals surface area contributed by atoms with E-state index < -0.39 is 18.0 Å². The molecule has 0 spiro atoms. The lowest BCUT2D eigenvalue weighted by Crippen LogP contribution is -2.06. The number of aliphatic carboxylic acids is 1. The van der Waals surface area contributed by atoms with Crippen molar-refractivity contribution in [3.05, 3.63) is 71.8 Å². The zero-order valence-electron chi connectivity index (χ0n) is 18.8. The van der Waals surface area contributed by atoms with Gasteiger partial charge in [0.15, 0.2) is 0 Å². The zero-order chi connectivity index (χ0) is 22.0. The van der Waals surface area contributed by atoms with Crippen molar-refractivity contribution < 1.29 is 15.4 Å². The van der Waals surface area contributed by atoms with Crippen LogP contribution in [0.5, 0.6) is 0 Å². The summed E-state index contributed by atoms with van der Waals surface area (Å²) < 4.78 is 32.2. The first-order valence-electron chi connectivity index (χ1n) is 10.8. The summed E-state index contributed by atoms with van der Waals surface area (Å²) in [6.45, 7) is 0. The van der Waals surface area contributed by atoms with E-state index in [0.717, 1.165) is 17.9 Å². The summed E-state index contributed by atoms with van der Waals surface area (Å²) in [6, 6.07) is 19.2. The van der Waals surface area contributed by atoms with Crippen LogP contribution >= 0.6 is 23.5 Å². The second kappa shape index (κ2) is 12.9. The highest BCUT2D eigenvalue weighted by Crippen LogP contribution is 2.27. The Balaban J connectivity index is 1.93. The highest BCUT2D eigenvalue weighted by atomic mass is 32.2. The van der Waals surface area contributed by atoms with Gasteiger partial charge in [0.25, 0.3) is 0 Å². The monoisotopic (exact) mass is 392 g/mol. The van der Waals surface area contributed by atoms with Crippen molar-refractivity contribution in [3.63, 3.8) is 0 Å². The molecule has 0 aliphatic carbocycles. The molecule has 1 atom stereocenters. The largest absolute Gasteiger partial charge is 0.481 e. The molecular weight excluding hydrogens is 360 g/mol. The second-order valence-corrected chi connectivity index (χ2v) is 8.12. The first-order chi connectivity index (χ1) is 14.2. The van der Waals surface area contributed by atoms with Crippen LogP contribution in [0, 0.1) is 0 Å². The Hall–Kier alpha value is -1.39. The van der Waals surface area contributed by atoms with Gasteiger partial charge in [-0.1, -0.05) is 67.1 Å². The van der Waals surface area contributed by atoms with E-state index in [1.165, 1.54) is 17.3 Å². The molecule has 0 fully saturated rings. The van der Waals surface area contributed by atoms with Gasteiger partial charge in [-0.2, -0.15) is 23.5 Å². The van der Waals surface area contributed by atoms with Crippen molar-refractivity contribution in [3.8, 4) is 0 Å². The van der Waals surface area contributed by atoms with Crippen LogP contribution in [-0.4, -0.2) is 22.1 Å². The lowest BCUT2D eigenvalue weighted by atomic mass is 10.1. The first-order valence-corrected chi connectivity index (χ1v) is 10.8. The van der Waals surface area contributed by atoms with E-state index in [1.807, 2.05) is 36.4 Å². The minimum absolute atomic E-state index is 0.0203. The van der Waals surface area contributed by atoms with E-state index in [0.29, 0.717) is 18.4 Å². The molecule has 2 aromatic carbocycles. The normalized spacial score (nSPS) is 15.4. The molecule has 0 heterocycles. The number of benzene rings is 2. The number of carboxylic acids is 1. The van der Waals surface area contributed by atoms with Gasteiger partial charge in [-0.05, 0) is 36.1 Å². The van der Waals surface area contributed by atoms with Gasteiger partial charge in [0.1, 0.15) is 0 Å². The predicted octanol–water partition coefficient (Wildman–Crippen LogP) is 6.26. The molecule has 0 aliphatic heterocycles. The van der Waals surface area contributed by atoms with Gasteiger partial charge in [-0.3, -0.25) is 4.79 Å². The molecule has 4 heteroatoms. The molecule has 1 unspecified atom stereocenters. The van der Waals surface area contributed by atoms with Crippen LogP contribution in [0.25, 0.3) is 0 Å². The molecular formula is C22H28O2S2. The minimum atomic E-state index is -2.24. The van der Waals surface area contributed by atoms with Gasteiger partial charge >= 0.3 is 5.97 Å². The summed E-state index contributed by atoms with van der Waals surface area (Å²) in [5, 5.41) is 8.96. The molecule has 0 saturated heterocycles. The number of hydrogen-bond acceptors (Lipinski definition) is 3. The van der Waals surface area contributed by atoms with Crippen molar-refractivity contribution in [2.24, 2.45) is 0 Å². The van der Waals surface area contributed by atoms with Crippen LogP contribution in [0.1, 0.15) is 48.7 Å². The number of carbonyl (C=O) groups is 1. The average Bonchev–Trinajstić information content (AvgIpc) is 2.72. The Bertz CT molecular complexity index is 773. The van der Waals surface area contributed by atoms with Crippen LogP contribution in [0.4, 0.5) is 0 Å². The summed E-state index contributed by atoms with van der Waals surface area (Å²) in [6.07, 6.45) is -0.536. The Morgan fingerprint density at radius 3 is 2.27 bits per heavy atom. The molecule has 0 saturated carbocycles. The number of thioether (sulfide) groups is 2. The Morgan fingerprint density at radius 1 is 0.962 bits per heavy atom. The maximum atomic E-state index is 11.0. The Morgan fingerprint density at radius 2 is 1.62 bits per heavy atom. The molecule has 26 heavy (non-hydrogen) atoms. The van der Waals surface area contributed by atoms with Gasteiger partial charge in [0.2, 0.25) is 0 Å². The smallest absolute Gasteiger partial charge is 0.303 e. The summed E-state index contributed by atoms with van der Waals surface area (Å²) in [4.78, 5) is 11.0. The van der Waals surface area contributed by atoms with E-state index in [9.17, 15) is 4.79 Å². The van der Waals surface area contributed by atoms with E-state index >= 15 is 0 Å². The quantitative estimate of drug-likeness (QED) is 0.408. The molecule has 140 valence electrons. The van der Waals surface area contributed by atoms with Crippen molar-refractivity contribution in [1.82, 2.24) is 0 Å². The third-order valence-corrected chi connectivity index (χ3v) is 6.01. The van der Waals surface area contributed by atoms with E-state index in [2.05, 4.69) is 12.1 Å². The Labute approximate surface area is 171 Å². The van der Waals surface area contributed by atoms with E-state index in [-0.39, 0.29) is 11.7 Å². The molecule has 2 nitrogen and oxygen atoms in total. The molecule has 0 aliphatic rings. The highest BCUT2D eigenvalue weighted by Gasteiger charge is 2.10. The molecule has 0 bridgehead atoms. The standard InChI is InChI=1S/C22H28O2S2/c23-22(24)14-8-7-13-21(26-18-20-11-5-2-6-12-20)15-16-25-17-19-9-3-1-4-10-19/h1-6,9-12,21H,7-8,13-18H2,(H,23,24)/i14D2,18D2. The topological polar surface area (TPSA) is 37.3 Å². The molecule has 1 N–H and O–H groups in total. The summed E-state index contributed by atoms with van der Waals surface area (Å²) >= 11 is 3.05. The van der Waals surface area contributed by atoms with Crippen molar-refractivity contribution in [2.75, 3.05) is 5.75 Å². The van der Waals surface area contributed by atoms with Crippen LogP contribution in [0.3, 0.4) is 0 Å². The van der Waals surface area contributed by atoms with Crippen LogP contribution in [0.15, 0.2) is 60.7 Å². The van der Waals surface area contributed by atoms with Crippen molar-refractivity contribution >= 4 is 29.5 Å². The van der Waals surface area contributed by atoms with Gasteiger partial charge < -0.3 is 5.11 Å².